The predicted octanol–water partition coefficient (Wildman–Crippen LogP) is 7.33. The lowest BCUT2D eigenvalue weighted by atomic mass is 9.89. The first kappa shape index (κ1) is 31.4. The molecule has 2 heterocycles. The van der Waals surface area contributed by atoms with Crippen LogP contribution in [0.15, 0.2) is 72.8 Å². The Balaban J connectivity index is 1.42. The summed E-state index contributed by atoms with van der Waals surface area (Å²) in [5.41, 5.74) is 4.13. The number of amides is 1. The summed E-state index contributed by atoms with van der Waals surface area (Å²) in [7, 11) is 2.96. The molecule has 228 valence electrons. The van der Waals surface area contributed by atoms with E-state index in [9.17, 15) is 14.4 Å². The average Bonchev–Trinajstić information content (AvgIpc) is 3.03. The second kappa shape index (κ2) is 13.8. The number of likely N-dealkylation sites (N-methyl/N-ethyl adjacent to an activating group) is 1. The molecule has 0 fully saturated rings. The summed E-state index contributed by atoms with van der Waals surface area (Å²) in [5, 5.41) is 1.54. The van der Waals surface area contributed by atoms with Crippen LogP contribution in [0.2, 0.25) is 10.0 Å². The van der Waals surface area contributed by atoms with Crippen LogP contribution in [0, 0.1) is 0 Å². The lowest BCUT2D eigenvalue weighted by Gasteiger charge is -2.37. The van der Waals surface area contributed by atoms with Crippen molar-refractivity contribution in [1.29, 1.82) is 0 Å². The number of nitrogens with zero attached hydrogens (tertiary/aromatic N) is 3. The lowest BCUT2D eigenvalue weighted by molar-refractivity contribution is 0.0449. The fraction of sp³-hybridized carbons (Fsp3) is 0.294. The molecule has 1 aliphatic rings. The number of aromatic nitrogens is 1. The van der Waals surface area contributed by atoms with E-state index in [4.69, 9.17) is 32.9 Å². The molecule has 1 amide bonds. The minimum absolute atomic E-state index is 0.0467. The van der Waals surface area contributed by atoms with Crippen molar-refractivity contribution in [2.75, 3.05) is 33.8 Å². The van der Waals surface area contributed by atoms with Gasteiger partial charge in [0, 0.05) is 60.7 Å². The third-order valence-electron chi connectivity index (χ3n) is 8.20. The van der Waals surface area contributed by atoms with Crippen molar-refractivity contribution >= 4 is 52.1 Å². The van der Waals surface area contributed by atoms with Crippen molar-refractivity contribution in [3.8, 4) is 0 Å². The third kappa shape index (κ3) is 6.73. The molecule has 1 aliphatic heterocycles. The highest BCUT2D eigenvalue weighted by molar-refractivity contribution is 6.42. The fourth-order valence-corrected chi connectivity index (χ4v) is 6.21. The van der Waals surface area contributed by atoms with Crippen LogP contribution in [0.4, 0.5) is 4.79 Å². The molecular formula is C34H33Cl2N3O5. The number of carbonyl (C=O) groups excluding carboxylic acids is 3. The predicted molar refractivity (Wildman–Crippen MR) is 170 cm³/mol. The van der Waals surface area contributed by atoms with Crippen LogP contribution in [0.3, 0.4) is 0 Å². The van der Waals surface area contributed by atoms with Crippen LogP contribution in [0.1, 0.15) is 62.8 Å². The van der Waals surface area contributed by atoms with Gasteiger partial charge in [0.1, 0.15) is 0 Å². The monoisotopic (exact) mass is 633 g/mol. The molecule has 10 heteroatoms. The zero-order chi connectivity index (χ0) is 31.4. The summed E-state index contributed by atoms with van der Waals surface area (Å²) < 4.78 is 9.61. The first-order chi connectivity index (χ1) is 21.2. The molecular weight excluding hydrogens is 601 g/mol. The molecule has 0 bridgehead atoms. The maximum atomic E-state index is 13.3. The van der Waals surface area contributed by atoms with Gasteiger partial charge in [0.2, 0.25) is 0 Å². The van der Waals surface area contributed by atoms with E-state index in [1.54, 1.807) is 30.1 Å². The maximum absolute atomic E-state index is 13.3. The normalized spacial score (nSPS) is 15.3. The van der Waals surface area contributed by atoms with E-state index in [1.807, 2.05) is 61.5 Å². The number of carbonyl (C=O) groups is 3. The summed E-state index contributed by atoms with van der Waals surface area (Å²) >= 11 is 12.6. The summed E-state index contributed by atoms with van der Waals surface area (Å²) in [6, 6.07) is 21.9. The van der Waals surface area contributed by atoms with Crippen LogP contribution in [-0.4, -0.2) is 66.6 Å². The summed E-state index contributed by atoms with van der Waals surface area (Å²) in [5.74, 6) is -0.882. The highest BCUT2D eigenvalue weighted by atomic mass is 35.5. The van der Waals surface area contributed by atoms with Gasteiger partial charge in [0.25, 0.3) is 5.91 Å². The zero-order valence-corrected chi connectivity index (χ0v) is 26.3. The Kier molecular flexibility index (Phi) is 9.84. The van der Waals surface area contributed by atoms with Crippen molar-refractivity contribution in [1.82, 2.24) is 14.8 Å². The Bertz CT molecular complexity index is 1700. The molecule has 0 aliphatic carbocycles. The number of rotatable bonds is 8. The van der Waals surface area contributed by atoms with Gasteiger partial charge in [-0.2, -0.15) is 0 Å². The lowest BCUT2D eigenvalue weighted by Crippen LogP contribution is -2.38. The van der Waals surface area contributed by atoms with Gasteiger partial charge in [0.15, 0.2) is 0 Å². The molecule has 3 aromatic carbocycles. The molecule has 5 rings (SSSR count). The van der Waals surface area contributed by atoms with Crippen molar-refractivity contribution in [3.63, 3.8) is 0 Å². The van der Waals surface area contributed by atoms with Crippen molar-refractivity contribution in [3.05, 3.63) is 111 Å². The number of para-hydroxylation sites is 1. The number of pyridine rings is 1. The van der Waals surface area contributed by atoms with Gasteiger partial charge in [-0.1, -0.05) is 65.7 Å². The third-order valence-corrected chi connectivity index (χ3v) is 8.94. The Morgan fingerprint density at radius 3 is 2.48 bits per heavy atom. The van der Waals surface area contributed by atoms with E-state index in [0.29, 0.717) is 58.0 Å². The smallest absolute Gasteiger partial charge is 0.437 e. The van der Waals surface area contributed by atoms with Crippen LogP contribution in [0.5, 0.6) is 0 Å². The quantitative estimate of drug-likeness (QED) is 0.148. The van der Waals surface area contributed by atoms with E-state index in [0.717, 1.165) is 30.5 Å². The summed E-state index contributed by atoms with van der Waals surface area (Å²) in [4.78, 5) is 47.3. The number of benzene rings is 3. The first-order valence-electron chi connectivity index (χ1n) is 14.4. The average molecular weight is 635 g/mol. The Hall–Kier alpha value is -3.98. The van der Waals surface area contributed by atoms with Crippen LogP contribution >= 0.6 is 23.2 Å². The van der Waals surface area contributed by atoms with Gasteiger partial charge >= 0.3 is 12.1 Å². The standard InChI is InChI=1S/C34H33Cl2N3O5/c1-21-30-29(37-28-12-8-7-11-25(28)31(30)33(41)44-34(42)43-3)16-18-39(21)17-15-24(23-13-14-26(35)27(36)19-23)20-38(2)32(40)22-9-5-4-6-10-22/h4-14,19,21,24H,15-18,20H2,1-3H3. The molecule has 2 unspecified atom stereocenters. The molecule has 44 heavy (non-hydrogen) atoms. The highest BCUT2D eigenvalue weighted by Gasteiger charge is 2.33. The number of ether oxygens (including phenoxy) is 2. The SMILES string of the molecule is COC(=O)OC(=O)c1c2c(nc3ccccc13)CCN(CCC(CN(C)C(=O)c1ccccc1)c1ccc(Cl)c(Cl)c1)C2C. The maximum Gasteiger partial charge on any atom is 0.516 e. The molecule has 0 radical (unpaired) electrons. The Morgan fingerprint density at radius 1 is 1.02 bits per heavy atom. The topological polar surface area (TPSA) is 89.0 Å². The van der Waals surface area contributed by atoms with E-state index in [-0.39, 0.29) is 17.9 Å². The minimum atomic E-state index is -1.07. The zero-order valence-electron chi connectivity index (χ0n) is 24.8. The molecule has 0 saturated heterocycles. The Morgan fingerprint density at radius 2 is 1.75 bits per heavy atom. The molecule has 0 N–H and O–H groups in total. The van der Waals surface area contributed by atoms with Crippen molar-refractivity contribution in [2.45, 2.75) is 31.7 Å². The number of hydrogen-bond donors (Lipinski definition) is 0. The number of methoxy groups -OCH3 is 1. The van der Waals surface area contributed by atoms with Gasteiger partial charge in [-0.25, -0.2) is 9.59 Å². The second-order valence-electron chi connectivity index (χ2n) is 10.9. The van der Waals surface area contributed by atoms with E-state index in [2.05, 4.69) is 9.64 Å². The van der Waals surface area contributed by atoms with E-state index < -0.39 is 12.1 Å². The van der Waals surface area contributed by atoms with Gasteiger partial charge in [-0.3, -0.25) is 14.7 Å². The second-order valence-corrected chi connectivity index (χ2v) is 11.7. The van der Waals surface area contributed by atoms with Crippen LogP contribution in [-0.2, 0) is 15.9 Å². The van der Waals surface area contributed by atoms with Crippen LogP contribution in [0.25, 0.3) is 10.9 Å². The molecule has 0 saturated carbocycles. The van der Waals surface area contributed by atoms with Gasteiger partial charge in [0.05, 0.1) is 28.2 Å². The number of esters is 1. The van der Waals surface area contributed by atoms with Crippen molar-refractivity contribution in [2.24, 2.45) is 0 Å². The number of hydrogen-bond acceptors (Lipinski definition) is 7. The van der Waals surface area contributed by atoms with Crippen molar-refractivity contribution < 1.29 is 23.9 Å². The summed E-state index contributed by atoms with van der Waals surface area (Å²) in [6.45, 7) is 3.88. The molecule has 0 spiro atoms. The number of halogens is 2. The van der Waals surface area contributed by atoms with Gasteiger partial charge in [-0.05, 0) is 55.8 Å². The molecule has 2 atom stereocenters. The highest BCUT2D eigenvalue weighted by Crippen LogP contribution is 2.37. The van der Waals surface area contributed by atoms with Gasteiger partial charge in [-0.15, -0.1) is 0 Å². The van der Waals surface area contributed by atoms with Gasteiger partial charge < -0.3 is 14.4 Å². The minimum Gasteiger partial charge on any atom is -0.437 e. The number of fused-ring (bicyclic) bond motifs is 2. The van der Waals surface area contributed by atoms with E-state index >= 15 is 0 Å². The molecule has 1 aromatic heterocycles. The summed E-state index contributed by atoms with van der Waals surface area (Å²) in [6.07, 6.45) is 0.253. The fourth-order valence-electron chi connectivity index (χ4n) is 5.90. The molecule has 4 aromatic rings. The molecule has 8 nitrogen and oxygen atoms in total. The van der Waals surface area contributed by atoms with Crippen LogP contribution < -0.4 is 0 Å². The van der Waals surface area contributed by atoms with E-state index in [1.165, 1.54) is 0 Å². The largest absolute Gasteiger partial charge is 0.516 e. The first-order valence-corrected chi connectivity index (χ1v) is 15.1. The Labute approximate surface area is 266 Å².